The third kappa shape index (κ3) is 2.41. The Hall–Kier alpha value is -1.74. The van der Waals surface area contributed by atoms with E-state index < -0.39 is 17.4 Å². The van der Waals surface area contributed by atoms with Gasteiger partial charge in [-0.15, -0.1) is 0 Å². The normalized spacial score (nSPS) is 10.4. The lowest BCUT2D eigenvalue weighted by Crippen LogP contribution is -2.05. The van der Waals surface area contributed by atoms with Crippen LogP contribution in [0, 0.1) is 18.6 Å². The van der Waals surface area contributed by atoms with E-state index in [2.05, 4.69) is 0 Å². The van der Waals surface area contributed by atoms with Gasteiger partial charge < -0.3 is 0 Å². The highest BCUT2D eigenvalue weighted by atomic mass is 35.5. The average Bonchev–Trinajstić information content (AvgIpc) is 2.35. The standard InChI is InChI=1S/C14H9ClF2O/c1-8-2-4-12(16)10(6-8)14(18)9-3-5-13(17)11(15)7-9/h2-7H,1H3. The third-order valence-electron chi connectivity index (χ3n) is 2.55. The first kappa shape index (κ1) is 12.7. The molecule has 0 atom stereocenters. The number of carbonyl (C=O) groups excluding carboxylic acids is 1. The van der Waals surface area contributed by atoms with Crippen LogP contribution in [0.25, 0.3) is 0 Å². The highest BCUT2D eigenvalue weighted by molar-refractivity contribution is 6.31. The van der Waals surface area contributed by atoms with Gasteiger partial charge in [-0.25, -0.2) is 8.78 Å². The summed E-state index contributed by atoms with van der Waals surface area (Å²) in [5.74, 6) is -1.73. The predicted molar refractivity (Wildman–Crippen MR) is 66.0 cm³/mol. The van der Waals surface area contributed by atoms with Crippen LogP contribution in [0.4, 0.5) is 8.78 Å². The second-order valence-electron chi connectivity index (χ2n) is 3.94. The van der Waals surface area contributed by atoms with Gasteiger partial charge in [-0.05, 0) is 37.3 Å². The fourth-order valence-electron chi connectivity index (χ4n) is 1.61. The molecule has 0 amide bonds. The van der Waals surface area contributed by atoms with Crippen LogP contribution in [0.15, 0.2) is 36.4 Å². The molecule has 0 heterocycles. The minimum absolute atomic E-state index is 0.0438. The first-order valence-electron chi connectivity index (χ1n) is 5.25. The number of rotatable bonds is 2. The molecule has 2 rings (SSSR count). The third-order valence-corrected chi connectivity index (χ3v) is 2.84. The molecule has 0 spiro atoms. The van der Waals surface area contributed by atoms with E-state index in [0.29, 0.717) is 0 Å². The summed E-state index contributed by atoms with van der Waals surface area (Å²) in [6.45, 7) is 1.76. The number of carbonyl (C=O) groups is 1. The Balaban J connectivity index is 2.47. The van der Waals surface area contributed by atoms with Gasteiger partial charge >= 0.3 is 0 Å². The summed E-state index contributed by atoms with van der Waals surface area (Å²) in [7, 11) is 0. The van der Waals surface area contributed by atoms with Crippen LogP contribution < -0.4 is 0 Å². The van der Waals surface area contributed by atoms with Crippen LogP contribution >= 0.6 is 11.6 Å². The zero-order valence-corrected chi connectivity index (χ0v) is 10.3. The SMILES string of the molecule is Cc1ccc(F)c(C(=O)c2ccc(F)c(Cl)c2)c1. The lowest BCUT2D eigenvalue weighted by atomic mass is 10.0. The maximum atomic E-state index is 13.6. The molecule has 0 saturated carbocycles. The Morgan fingerprint density at radius 3 is 2.39 bits per heavy atom. The highest BCUT2D eigenvalue weighted by Crippen LogP contribution is 2.20. The Morgan fingerprint density at radius 1 is 1.06 bits per heavy atom. The Kier molecular flexibility index (Phi) is 3.43. The molecule has 1 nitrogen and oxygen atoms in total. The summed E-state index contributed by atoms with van der Waals surface area (Å²) in [5, 5.41) is -0.158. The zero-order chi connectivity index (χ0) is 13.3. The maximum Gasteiger partial charge on any atom is 0.196 e. The minimum Gasteiger partial charge on any atom is -0.288 e. The summed E-state index contributed by atoms with van der Waals surface area (Å²) in [4.78, 5) is 12.1. The zero-order valence-electron chi connectivity index (χ0n) is 9.51. The van der Waals surface area contributed by atoms with E-state index >= 15 is 0 Å². The van der Waals surface area contributed by atoms with E-state index in [9.17, 15) is 13.6 Å². The average molecular weight is 267 g/mol. The molecule has 0 fully saturated rings. The fourth-order valence-corrected chi connectivity index (χ4v) is 1.79. The smallest absolute Gasteiger partial charge is 0.196 e. The molecule has 0 aliphatic heterocycles. The lowest BCUT2D eigenvalue weighted by Gasteiger charge is -2.05. The predicted octanol–water partition coefficient (Wildman–Crippen LogP) is 4.16. The molecular formula is C14H9ClF2O. The maximum absolute atomic E-state index is 13.6. The van der Waals surface area contributed by atoms with E-state index in [4.69, 9.17) is 11.6 Å². The van der Waals surface area contributed by atoms with Crippen LogP contribution in [0.2, 0.25) is 5.02 Å². The lowest BCUT2D eigenvalue weighted by molar-refractivity contribution is 0.103. The van der Waals surface area contributed by atoms with Gasteiger partial charge in [-0.3, -0.25) is 4.79 Å². The van der Waals surface area contributed by atoms with Crippen molar-refractivity contribution in [1.29, 1.82) is 0 Å². The molecule has 0 N–H and O–H groups in total. The number of ketones is 1. The largest absolute Gasteiger partial charge is 0.288 e. The molecule has 92 valence electrons. The van der Waals surface area contributed by atoms with Crippen molar-refractivity contribution in [2.75, 3.05) is 0 Å². The summed E-state index contributed by atoms with van der Waals surface area (Å²) in [5.41, 5.74) is 0.886. The molecule has 0 saturated heterocycles. The first-order chi connectivity index (χ1) is 8.49. The fraction of sp³-hybridized carbons (Fsp3) is 0.0714. The molecule has 18 heavy (non-hydrogen) atoms. The van der Waals surface area contributed by atoms with E-state index in [1.54, 1.807) is 13.0 Å². The van der Waals surface area contributed by atoms with Crippen LogP contribution in [0.3, 0.4) is 0 Å². The summed E-state index contributed by atoms with van der Waals surface area (Å²) >= 11 is 5.60. The van der Waals surface area contributed by atoms with Crippen molar-refractivity contribution in [3.63, 3.8) is 0 Å². The van der Waals surface area contributed by atoms with Gasteiger partial charge in [0.1, 0.15) is 11.6 Å². The van der Waals surface area contributed by atoms with Gasteiger partial charge in [0, 0.05) is 5.56 Å². The molecule has 0 aliphatic carbocycles. The summed E-state index contributed by atoms with van der Waals surface area (Å²) in [6.07, 6.45) is 0. The van der Waals surface area contributed by atoms with Crippen molar-refractivity contribution in [2.24, 2.45) is 0 Å². The van der Waals surface area contributed by atoms with Crippen molar-refractivity contribution >= 4 is 17.4 Å². The van der Waals surface area contributed by atoms with Crippen molar-refractivity contribution in [3.05, 3.63) is 69.7 Å². The van der Waals surface area contributed by atoms with E-state index in [1.165, 1.54) is 24.3 Å². The first-order valence-corrected chi connectivity index (χ1v) is 5.63. The number of aryl methyl sites for hydroxylation is 1. The van der Waals surface area contributed by atoms with Crippen molar-refractivity contribution in [3.8, 4) is 0 Å². The van der Waals surface area contributed by atoms with Crippen LogP contribution in [0.1, 0.15) is 21.5 Å². The van der Waals surface area contributed by atoms with Gasteiger partial charge in [-0.2, -0.15) is 0 Å². The summed E-state index contributed by atoms with van der Waals surface area (Å²) < 4.78 is 26.5. The molecule has 2 aromatic rings. The number of benzene rings is 2. The topological polar surface area (TPSA) is 17.1 Å². The second kappa shape index (κ2) is 4.86. The molecule has 0 aromatic heterocycles. The van der Waals surface area contributed by atoms with Gasteiger partial charge in [0.05, 0.1) is 10.6 Å². The molecule has 0 bridgehead atoms. The van der Waals surface area contributed by atoms with Gasteiger partial charge in [-0.1, -0.05) is 23.2 Å². The minimum atomic E-state index is -0.613. The van der Waals surface area contributed by atoms with Gasteiger partial charge in [0.15, 0.2) is 5.78 Å². The molecule has 0 unspecified atom stereocenters. The number of halogens is 3. The molecular weight excluding hydrogens is 258 g/mol. The Labute approximate surface area is 108 Å². The highest BCUT2D eigenvalue weighted by Gasteiger charge is 2.15. The van der Waals surface area contributed by atoms with Gasteiger partial charge in [0.25, 0.3) is 0 Å². The van der Waals surface area contributed by atoms with Gasteiger partial charge in [0.2, 0.25) is 0 Å². The molecule has 0 radical (unpaired) electrons. The Morgan fingerprint density at radius 2 is 1.72 bits per heavy atom. The van der Waals surface area contributed by atoms with E-state index in [0.717, 1.165) is 11.6 Å². The van der Waals surface area contributed by atoms with Crippen molar-refractivity contribution in [1.82, 2.24) is 0 Å². The van der Waals surface area contributed by atoms with Crippen LogP contribution in [-0.2, 0) is 0 Å². The number of hydrogen-bond donors (Lipinski definition) is 0. The molecule has 0 aliphatic rings. The van der Waals surface area contributed by atoms with E-state index in [-0.39, 0.29) is 16.1 Å². The van der Waals surface area contributed by atoms with Crippen molar-refractivity contribution < 1.29 is 13.6 Å². The van der Waals surface area contributed by atoms with Crippen LogP contribution in [0.5, 0.6) is 0 Å². The van der Waals surface area contributed by atoms with E-state index in [1.807, 2.05) is 0 Å². The second-order valence-corrected chi connectivity index (χ2v) is 4.35. The summed E-state index contributed by atoms with van der Waals surface area (Å²) in [6, 6.07) is 7.82. The quantitative estimate of drug-likeness (QED) is 0.746. The van der Waals surface area contributed by atoms with Crippen LogP contribution in [-0.4, -0.2) is 5.78 Å². The Bertz CT molecular complexity index is 623. The number of hydrogen-bond acceptors (Lipinski definition) is 1. The molecule has 2 aromatic carbocycles. The monoisotopic (exact) mass is 266 g/mol. The molecule has 4 heteroatoms. The van der Waals surface area contributed by atoms with Crippen molar-refractivity contribution in [2.45, 2.75) is 6.92 Å².